The van der Waals surface area contributed by atoms with Crippen LogP contribution in [0.1, 0.15) is 29.6 Å². The highest BCUT2D eigenvalue weighted by atomic mass is 16.5. The Morgan fingerprint density at radius 3 is 2.79 bits per heavy atom. The molecule has 1 fully saturated rings. The van der Waals surface area contributed by atoms with Crippen LogP contribution >= 0.6 is 0 Å². The molecule has 24 heavy (non-hydrogen) atoms. The van der Waals surface area contributed by atoms with Gasteiger partial charge in [0, 0.05) is 17.8 Å². The maximum atomic E-state index is 12.8. The van der Waals surface area contributed by atoms with E-state index in [1.54, 1.807) is 36.2 Å². The van der Waals surface area contributed by atoms with Gasteiger partial charge in [0.1, 0.15) is 6.04 Å². The largest absolute Gasteiger partial charge is 0.467 e. The predicted octanol–water partition coefficient (Wildman–Crippen LogP) is 1.01. The average molecular weight is 333 g/mol. The van der Waals surface area contributed by atoms with Crippen LogP contribution in [0.5, 0.6) is 0 Å². The van der Waals surface area contributed by atoms with Crippen LogP contribution in [-0.2, 0) is 14.3 Å². The number of likely N-dealkylation sites (N-methyl/N-ethyl adjacent to an activating group) is 1. The fraction of sp³-hybridized carbons (Fsp3) is 0.471. The molecule has 1 unspecified atom stereocenters. The van der Waals surface area contributed by atoms with Crippen LogP contribution in [-0.4, -0.2) is 56.0 Å². The second-order valence-electron chi connectivity index (χ2n) is 5.69. The van der Waals surface area contributed by atoms with Crippen molar-refractivity contribution in [2.45, 2.75) is 25.3 Å². The normalized spacial score (nSPS) is 17.2. The molecule has 1 aliphatic heterocycles. The lowest BCUT2D eigenvalue weighted by atomic mass is 10.0. The molecule has 0 radical (unpaired) electrons. The Kier molecular flexibility index (Phi) is 6.31. The highest BCUT2D eigenvalue weighted by Crippen LogP contribution is 2.22. The van der Waals surface area contributed by atoms with Crippen LogP contribution in [0.4, 0.5) is 5.69 Å². The second-order valence-corrected chi connectivity index (χ2v) is 5.69. The summed E-state index contributed by atoms with van der Waals surface area (Å²) in [6, 6.07) is 6.19. The topological polar surface area (TPSA) is 87.7 Å². The number of benzene rings is 1. The Balaban J connectivity index is 2.16. The molecule has 1 heterocycles. The number of methoxy groups -OCH3 is 1. The highest BCUT2D eigenvalue weighted by molar-refractivity contribution is 5.99. The predicted molar refractivity (Wildman–Crippen MR) is 89.7 cm³/mol. The molecule has 0 aliphatic carbocycles. The number of hydrogen-bond donors (Lipinski definition) is 2. The van der Waals surface area contributed by atoms with Gasteiger partial charge in [0.25, 0.3) is 5.91 Å². The van der Waals surface area contributed by atoms with Gasteiger partial charge in [-0.15, -0.1) is 0 Å². The molecule has 7 nitrogen and oxygen atoms in total. The molecule has 0 spiro atoms. The quantitative estimate of drug-likeness (QED) is 0.785. The lowest BCUT2D eigenvalue weighted by molar-refractivity contribution is -0.147. The molecule has 2 amide bonds. The lowest BCUT2D eigenvalue weighted by Gasteiger charge is -2.33. The Hall–Kier alpha value is -2.41. The minimum Gasteiger partial charge on any atom is -0.467 e. The second kappa shape index (κ2) is 8.44. The van der Waals surface area contributed by atoms with E-state index in [2.05, 4.69) is 10.6 Å². The van der Waals surface area contributed by atoms with Crippen molar-refractivity contribution in [3.63, 3.8) is 0 Å². The number of amides is 2. The van der Waals surface area contributed by atoms with Crippen molar-refractivity contribution in [2.24, 2.45) is 0 Å². The number of nitrogens with zero attached hydrogens (tertiary/aromatic N) is 1. The zero-order valence-corrected chi connectivity index (χ0v) is 14.0. The van der Waals surface area contributed by atoms with Crippen molar-refractivity contribution in [3.8, 4) is 0 Å². The van der Waals surface area contributed by atoms with Crippen LogP contribution in [0.3, 0.4) is 0 Å². The minimum absolute atomic E-state index is 0.187. The van der Waals surface area contributed by atoms with E-state index in [9.17, 15) is 14.4 Å². The number of ether oxygens (including phenoxy) is 1. The molecular weight excluding hydrogens is 310 g/mol. The third-order valence-corrected chi connectivity index (χ3v) is 3.97. The minimum atomic E-state index is -0.543. The Labute approximate surface area is 141 Å². The Morgan fingerprint density at radius 2 is 2.08 bits per heavy atom. The Morgan fingerprint density at radius 1 is 1.29 bits per heavy atom. The summed E-state index contributed by atoms with van der Waals surface area (Å²) in [6.07, 6.45) is 2.36. The van der Waals surface area contributed by atoms with Gasteiger partial charge in [0.2, 0.25) is 5.91 Å². The van der Waals surface area contributed by atoms with Crippen LogP contribution in [0.15, 0.2) is 24.3 Å². The summed E-state index contributed by atoms with van der Waals surface area (Å²) in [7, 11) is 3.01. The maximum Gasteiger partial charge on any atom is 0.328 e. The smallest absolute Gasteiger partial charge is 0.328 e. The molecule has 0 saturated carbocycles. The first kappa shape index (κ1) is 17.9. The van der Waals surface area contributed by atoms with Gasteiger partial charge in [-0.1, -0.05) is 6.07 Å². The van der Waals surface area contributed by atoms with Crippen molar-refractivity contribution in [1.29, 1.82) is 0 Å². The van der Waals surface area contributed by atoms with Gasteiger partial charge in [-0.3, -0.25) is 9.59 Å². The summed E-state index contributed by atoms with van der Waals surface area (Å²) in [5, 5.41) is 5.49. The van der Waals surface area contributed by atoms with E-state index in [1.807, 2.05) is 0 Å². The van der Waals surface area contributed by atoms with Gasteiger partial charge in [-0.2, -0.15) is 0 Å². The van der Waals surface area contributed by atoms with Crippen molar-refractivity contribution in [1.82, 2.24) is 10.2 Å². The van der Waals surface area contributed by atoms with Gasteiger partial charge in [-0.25, -0.2) is 4.79 Å². The first-order valence-electron chi connectivity index (χ1n) is 8.00. The molecule has 1 aliphatic rings. The zero-order valence-electron chi connectivity index (χ0n) is 14.0. The van der Waals surface area contributed by atoms with E-state index in [0.717, 1.165) is 12.8 Å². The number of rotatable bonds is 5. The lowest BCUT2D eigenvalue weighted by Crippen LogP contribution is -2.48. The molecule has 130 valence electrons. The number of carbonyl (C=O) groups is 3. The molecule has 1 atom stereocenters. The molecule has 0 bridgehead atoms. The monoisotopic (exact) mass is 333 g/mol. The van der Waals surface area contributed by atoms with Crippen LogP contribution < -0.4 is 10.6 Å². The zero-order chi connectivity index (χ0) is 17.5. The van der Waals surface area contributed by atoms with Crippen molar-refractivity contribution in [2.75, 3.05) is 32.6 Å². The molecule has 1 aromatic carbocycles. The van der Waals surface area contributed by atoms with Gasteiger partial charge in [-0.05, 0) is 44.5 Å². The number of anilines is 1. The Bertz CT molecular complexity index is 618. The number of likely N-dealkylation sites (tertiary alicyclic amines) is 1. The van der Waals surface area contributed by atoms with Crippen molar-refractivity contribution < 1.29 is 19.1 Å². The van der Waals surface area contributed by atoms with Gasteiger partial charge in [0.15, 0.2) is 0 Å². The molecule has 2 N–H and O–H groups in total. The van der Waals surface area contributed by atoms with Gasteiger partial charge in [0.05, 0.1) is 13.7 Å². The standard InChI is InChI=1S/C17H23N3O4/c1-18-11-15(21)19-13-7-5-6-12(10-13)16(22)20-9-4-3-8-14(20)17(23)24-2/h5-7,10,14,18H,3-4,8-9,11H2,1-2H3,(H,19,21). The maximum absolute atomic E-state index is 12.8. The molecule has 7 heteroatoms. The molecule has 1 aromatic rings. The third-order valence-electron chi connectivity index (χ3n) is 3.97. The SMILES string of the molecule is CNCC(=O)Nc1cccc(C(=O)N2CCCCC2C(=O)OC)c1. The van der Waals surface area contributed by atoms with E-state index >= 15 is 0 Å². The van der Waals surface area contributed by atoms with Crippen LogP contribution in [0.25, 0.3) is 0 Å². The molecule has 0 aromatic heterocycles. The fourth-order valence-corrected chi connectivity index (χ4v) is 2.82. The summed E-state index contributed by atoms with van der Waals surface area (Å²) < 4.78 is 4.81. The van der Waals surface area contributed by atoms with Crippen LogP contribution in [0, 0.1) is 0 Å². The van der Waals surface area contributed by atoms with Crippen molar-refractivity contribution in [3.05, 3.63) is 29.8 Å². The fourth-order valence-electron chi connectivity index (χ4n) is 2.82. The number of carbonyl (C=O) groups excluding carboxylic acids is 3. The average Bonchev–Trinajstić information content (AvgIpc) is 2.60. The van der Waals surface area contributed by atoms with Gasteiger partial charge < -0.3 is 20.3 Å². The summed E-state index contributed by atoms with van der Waals surface area (Å²) in [6.45, 7) is 0.712. The molecular formula is C17H23N3O4. The highest BCUT2D eigenvalue weighted by Gasteiger charge is 2.33. The van der Waals surface area contributed by atoms with E-state index in [1.165, 1.54) is 7.11 Å². The number of piperidine rings is 1. The summed E-state index contributed by atoms with van der Waals surface area (Å²) in [4.78, 5) is 37.9. The van der Waals surface area contributed by atoms with Crippen LogP contribution in [0.2, 0.25) is 0 Å². The van der Waals surface area contributed by atoms with E-state index in [-0.39, 0.29) is 24.3 Å². The molecule has 1 saturated heterocycles. The number of hydrogen-bond acceptors (Lipinski definition) is 5. The summed E-state index contributed by atoms with van der Waals surface area (Å²) in [5.41, 5.74) is 0.987. The van der Waals surface area contributed by atoms with Gasteiger partial charge >= 0.3 is 5.97 Å². The number of esters is 1. The summed E-state index contributed by atoms with van der Waals surface area (Å²) in [5.74, 6) is -0.802. The third kappa shape index (κ3) is 4.32. The van der Waals surface area contributed by atoms with E-state index in [0.29, 0.717) is 24.2 Å². The number of nitrogens with one attached hydrogen (secondary N) is 2. The molecule has 2 rings (SSSR count). The van der Waals surface area contributed by atoms with E-state index in [4.69, 9.17) is 4.74 Å². The van der Waals surface area contributed by atoms with Crippen molar-refractivity contribution >= 4 is 23.5 Å². The van der Waals surface area contributed by atoms with E-state index < -0.39 is 6.04 Å². The first-order chi connectivity index (χ1) is 11.6. The first-order valence-corrected chi connectivity index (χ1v) is 8.00. The summed E-state index contributed by atoms with van der Waals surface area (Å²) >= 11 is 0.